The van der Waals surface area contributed by atoms with Crippen LogP contribution in [-0.4, -0.2) is 84.7 Å². The third-order valence-corrected chi connectivity index (χ3v) is 7.41. The first-order valence-electron chi connectivity index (χ1n) is 12.8. The number of likely N-dealkylation sites (N-methyl/N-ethyl adjacent to an activating group) is 2. The second-order valence-corrected chi connectivity index (χ2v) is 10.2. The number of hydrogen-bond donors (Lipinski definition) is 2. The minimum absolute atomic E-state index is 0.0116. The number of rotatable bonds is 5. The Bertz CT molecular complexity index is 1440. The second-order valence-electron chi connectivity index (χ2n) is 10.2. The van der Waals surface area contributed by atoms with E-state index in [0.29, 0.717) is 30.6 Å². The zero-order valence-electron chi connectivity index (χ0n) is 22.3. The molecule has 2 aromatic carbocycles. The summed E-state index contributed by atoms with van der Waals surface area (Å²) in [5.41, 5.74) is 7.03. The van der Waals surface area contributed by atoms with E-state index in [-0.39, 0.29) is 17.7 Å². The normalized spacial score (nSPS) is 16.5. The number of benzene rings is 2. The van der Waals surface area contributed by atoms with E-state index in [0.717, 1.165) is 52.3 Å². The van der Waals surface area contributed by atoms with Gasteiger partial charge in [0.2, 0.25) is 5.91 Å². The Morgan fingerprint density at radius 2 is 1.79 bits per heavy atom. The van der Waals surface area contributed by atoms with E-state index in [2.05, 4.69) is 22.2 Å². The molecule has 2 aliphatic rings. The quantitative estimate of drug-likeness (QED) is 0.514. The molecule has 1 fully saturated rings. The molecule has 1 saturated heterocycles. The summed E-state index contributed by atoms with van der Waals surface area (Å²) in [5.74, 6) is -0.146. The molecule has 38 heavy (non-hydrogen) atoms. The van der Waals surface area contributed by atoms with Gasteiger partial charge in [0.05, 0.1) is 17.6 Å². The number of nitrogens with one attached hydrogen (secondary N) is 2. The van der Waals surface area contributed by atoms with E-state index in [1.807, 2.05) is 60.4 Å². The average Bonchev–Trinajstić information content (AvgIpc) is 3.43. The minimum atomic E-state index is -0.188. The molecule has 0 aliphatic carbocycles. The van der Waals surface area contributed by atoms with Crippen LogP contribution in [-0.2, 0) is 16.0 Å². The van der Waals surface area contributed by atoms with Crippen LogP contribution in [0.5, 0.6) is 0 Å². The van der Waals surface area contributed by atoms with Crippen LogP contribution in [0.2, 0.25) is 0 Å². The van der Waals surface area contributed by atoms with Gasteiger partial charge in [-0.25, -0.2) is 0 Å². The first-order chi connectivity index (χ1) is 18.2. The lowest BCUT2D eigenvalue weighted by atomic mass is 9.93. The summed E-state index contributed by atoms with van der Waals surface area (Å²) in [6.07, 6.45) is 3.88. The summed E-state index contributed by atoms with van der Waals surface area (Å²) < 4.78 is 0. The third kappa shape index (κ3) is 4.87. The number of fused-ring (bicyclic) bond motifs is 1. The summed E-state index contributed by atoms with van der Waals surface area (Å²) in [6.45, 7) is 5.03. The van der Waals surface area contributed by atoms with Crippen molar-refractivity contribution in [1.29, 1.82) is 0 Å². The summed E-state index contributed by atoms with van der Waals surface area (Å²) in [4.78, 5) is 47.5. The maximum Gasteiger partial charge on any atom is 0.256 e. The van der Waals surface area contributed by atoms with E-state index in [4.69, 9.17) is 0 Å². The maximum absolute atomic E-state index is 13.2. The van der Waals surface area contributed by atoms with Crippen LogP contribution in [0.1, 0.15) is 32.7 Å². The molecule has 1 aromatic heterocycles. The highest BCUT2D eigenvalue weighted by atomic mass is 16.2. The number of anilines is 1. The van der Waals surface area contributed by atoms with Gasteiger partial charge in [0.1, 0.15) is 0 Å². The second kappa shape index (κ2) is 10.3. The lowest BCUT2D eigenvalue weighted by Gasteiger charge is -2.32. The SMILES string of the molecule is Cc1c(C(=O)N2CCN(C)CC2)c[nH]c1/C=C1\C(=O)Nc2cccc(-c3cccc(CC(=O)N(C)C)c3)c21. The van der Waals surface area contributed by atoms with Crippen LogP contribution in [0.15, 0.2) is 48.7 Å². The van der Waals surface area contributed by atoms with Crippen molar-refractivity contribution in [2.45, 2.75) is 13.3 Å². The lowest BCUT2D eigenvalue weighted by molar-refractivity contribution is -0.128. The van der Waals surface area contributed by atoms with Gasteiger partial charge in [-0.2, -0.15) is 0 Å². The highest BCUT2D eigenvalue weighted by Crippen LogP contribution is 2.41. The number of piperazine rings is 1. The average molecular weight is 512 g/mol. The van der Waals surface area contributed by atoms with Crippen LogP contribution in [0, 0.1) is 6.92 Å². The van der Waals surface area contributed by atoms with Gasteiger partial charge in [-0.1, -0.05) is 36.4 Å². The predicted molar refractivity (Wildman–Crippen MR) is 150 cm³/mol. The van der Waals surface area contributed by atoms with E-state index in [9.17, 15) is 14.4 Å². The van der Waals surface area contributed by atoms with Crippen molar-refractivity contribution < 1.29 is 14.4 Å². The van der Waals surface area contributed by atoms with Crippen molar-refractivity contribution in [1.82, 2.24) is 19.7 Å². The number of nitrogens with zero attached hydrogens (tertiary/aromatic N) is 3. The molecule has 0 atom stereocenters. The van der Waals surface area contributed by atoms with Crippen LogP contribution in [0.3, 0.4) is 0 Å². The fourth-order valence-electron chi connectivity index (χ4n) is 5.02. The Morgan fingerprint density at radius 1 is 1.05 bits per heavy atom. The molecular formula is C30H33N5O3. The van der Waals surface area contributed by atoms with Gasteiger partial charge in [-0.15, -0.1) is 0 Å². The smallest absolute Gasteiger partial charge is 0.256 e. The molecule has 3 heterocycles. The first kappa shape index (κ1) is 25.5. The highest BCUT2D eigenvalue weighted by molar-refractivity contribution is 6.36. The van der Waals surface area contributed by atoms with E-state index < -0.39 is 0 Å². The summed E-state index contributed by atoms with van der Waals surface area (Å²) in [5, 5.41) is 2.98. The third-order valence-electron chi connectivity index (χ3n) is 7.41. The molecule has 0 bridgehead atoms. The van der Waals surface area contributed by atoms with Gasteiger partial charge < -0.3 is 25.0 Å². The van der Waals surface area contributed by atoms with Gasteiger partial charge in [0, 0.05) is 63.4 Å². The summed E-state index contributed by atoms with van der Waals surface area (Å²) in [7, 11) is 5.56. The number of aromatic nitrogens is 1. The maximum atomic E-state index is 13.2. The lowest BCUT2D eigenvalue weighted by Crippen LogP contribution is -2.47. The fraction of sp³-hybridized carbons (Fsp3) is 0.300. The van der Waals surface area contributed by atoms with Gasteiger partial charge in [-0.05, 0) is 48.4 Å². The number of carbonyl (C=O) groups excluding carboxylic acids is 3. The molecule has 2 N–H and O–H groups in total. The number of aromatic amines is 1. The Balaban J connectivity index is 1.49. The molecule has 0 saturated carbocycles. The van der Waals surface area contributed by atoms with Crippen molar-refractivity contribution in [3.05, 3.63) is 76.6 Å². The number of H-pyrrole nitrogens is 1. The molecule has 3 amide bonds. The molecule has 0 spiro atoms. The van der Waals surface area contributed by atoms with Crippen LogP contribution in [0.4, 0.5) is 5.69 Å². The van der Waals surface area contributed by atoms with E-state index >= 15 is 0 Å². The van der Waals surface area contributed by atoms with Crippen LogP contribution in [0.25, 0.3) is 22.8 Å². The minimum Gasteiger partial charge on any atom is -0.361 e. The zero-order valence-corrected chi connectivity index (χ0v) is 22.3. The van der Waals surface area contributed by atoms with Crippen molar-refractivity contribution in [3.63, 3.8) is 0 Å². The standard InChI is InChI=1S/C30H33N5O3/c1-19-24(30(38)35-13-11-34(4)12-14-35)18-31-26(19)17-23-28-22(9-6-10-25(28)32-29(23)37)21-8-5-7-20(15-21)16-27(36)33(2)3/h5-10,15,17-18,31H,11-14,16H2,1-4H3,(H,32,37)/b23-17-. The van der Waals surface area contributed by atoms with Crippen molar-refractivity contribution in [3.8, 4) is 11.1 Å². The zero-order chi connectivity index (χ0) is 27.0. The van der Waals surface area contributed by atoms with E-state index in [1.165, 1.54) is 0 Å². The molecule has 0 unspecified atom stereocenters. The molecule has 2 aliphatic heterocycles. The van der Waals surface area contributed by atoms with Crippen LogP contribution < -0.4 is 5.32 Å². The molecule has 8 heteroatoms. The van der Waals surface area contributed by atoms with Crippen molar-refractivity contribution in [2.24, 2.45) is 0 Å². The fourth-order valence-corrected chi connectivity index (χ4v) is 5.02. The Hall–Kier alpha value is -4.17. The first-order valence-corrected chi connectivity index (χ1v) is 12.8. The number of amides is 3. The largest absolute Gasteiger partial charge is 0.361 e. The van der Waals surface area contributed by atoms with Gasteiger partial charge in [-0.3, -0.25) is 14.4 Å². The Labute approximate surface area is 222 Å². The molecule has 8 nitrogen and oxygen atoms in total. The molecule has 3 aromatic rings. The molecular weight excluding hydrogens is 478 g/mol. The topological polar surface area (TPSA) is 88.7 Å². The monoisotopic (exact) mass is 511 g/mol. The van der Waals surface area contributed by atoms with Gasteiger partial charge in [0.25, 0.3) is 11.8 Å². The highest BCUT2D eigenvalue weighted by Gasteiger charge is 2.29. The Morgan fingerprint density at radius 3 is 2.53 bits per heavy atom. The van der Waals surface area contributed by atoms with Crippen molar-refractivity contribution in [2.75, 3.05) is 52.6 Å². The Kier molecular flexibility index (Phi) is 6.91. The van der Waals surface area contributed by atoms with Crippen molar-refractivity contribution >= 4 is 35.1 Å². The molecule has 196 valence electrons. The van der Waals surface area contributed by atoms with Gasteiger partial charge >= 0.3 is 0 Å². The van der Waals surface area contributed by atoms with Gasteiger partial charge in [0.15, 0.2) is 0 Å². The predicted octanol–water partition coefficient (Wildman–Crippen LogP) is 3.50. The van der Waals surface area contributed by atoms with E-state index in [1.54, 1.807) is 25.2 Å². The summed E-state index contributed by atoms with van der Waals surface area (Å²) >= 11 is 0. The summed E-state index contributed by atoms with van der Waals surface area (Å²) in [6, 6.07) is 13.7. The molecule has 5 rings (SSSR count). The van der Waals surface area contributed by atoms with Crippen LogP contribution >= 0.6 is 0 Å². The number of carbonyl (C=O) groups is 3. The molecule has 0 radical (unpaired) electrons. The number of hydrogen-bond acceptors (Lipinski definition) is 4.